The largest absolute Gasteiger partial charge is 0.315 e. The fourth-order valence-corrected chi connectivity index (χ4v) is 1.34. The minimum Gasteiger partial charge on any atom is -0.315 e. The summed E-state index contributed by atoms with van der Waals surface area (Å²) in [6.07, 6.45) is 0.706. The third-order valence-electron chi connectivity index (χ3n) is 2.61. The monoisotopic (exact) mass is 138 g/mol. The van der Waals surface area contributed by atoms with E-state index < -0.39 is 0 Å². The van der Waals surface area contributed by atoms with Crippen molar-refractivity contribution < 1.29 is 0 Å². The Hall–Kier alpha value is -0.550. The van der Waals surface area contributed by atoms with Crippen molar-refractivity contribution in [2.75, 3.05) is 13.1 Å². The Morgan fingerprint density at radius 2 is 2.20 bits per heavy atom. The zero-order chi connectivity index (χ0) is 7.61. The number of hydrogen-bond acceptors (Lipinski definition) is 2. The van der Waals surface area contributed by atoms with Crippen molar-refractivity contribution in [3.05, 3.63) is 0 Å². The van der Waals surface area contributed by atoms with Crippen LogP contribution in [0.5, 0.6) is 0 Å². The molecule has 2 heteroatoms. The Kier molecular flexibility index (Phi) is 1.96. The molecule has 0 saturated carbocycles. The molecule has 0 unspecified atom stereocenters. The molecule has 10 heavy (non-hydrogen) atoms. The molecule has 0 bridgehead atoms. The Balaban J connectivity index is 2.52. The van der Waals surface area contributed by atoms with Gasteiger partial charge in [0, 0.05) is 24.9 Å². The SMILES string of the molecule is CC(C)C1(CC#N)CNC1. The lowest BCUT2D eigenvalue weighted by Crippen LogP contribution is -2.56. The number of nitrogens with one attached hydrogen (secondary N) is 1. The molecule has 0 aromatic carbocycles. The number of nitrogens with zero attached hydrogens (tertiary/aromatic N) is 1. The highest BCUT2D eigenvalue weighted by molar-refractivity contribution is 4.99. The van der Waals surface area contributed by atoms with Gasteiger partial charge in [-0.15, -0.1) is 0 Å². The first-order valence-corrected chi connectivity index (χ1v) is 3.79. The molecule has 0 amide bonds. The minimum absolute atomic E-state index is 0.300. The third kappa shape index (κ3) is 1.02. The van der Waals surface area contributed by atoms with Crippen LogP contribution in [0.2, 0.25) is 0 Å². The van der Waals surface area contributed by atoms with E-state index >= 15 is 0 Å². The lowest BCUT2D eigenvalue weighted by atomic mass is 9.70. The average Bonchev–Trinajstić information content (AvgIpc) is 1.77. The highest BCUT2D eigenvalue weighted by Crippen LogP contribution is 2.34. The third-order valence-corrected chi connectivity index (χ3v) is 2.61. The molecule has 1 heterocycles. The maximum absolute atomic E-state index is 8.54. The van der Waals surface area contributed by atoms with E-state index in [1.165, 1.54) is 0 Å². The number of nitriles is 1. The summed E-state index contributed by atoms with van der Waals surface area (Å²) in [5, 5.41) is 11.8. The van der Waals surface area contributed by atoms with Gasteiger partial charge in [0.25, 0.3) is 0 Å². The van der Waals surface area contributed by atoms with E-state index in [9.17, 15) is 0 Å². The second-order valence-corrected chi connectivity index (χ2v) is 3.46. The van der Waals surface area contributed by atoms with E-state index in [-0.39, 0.29) is 0 Å². The molecular formula is C8H14N2. The van der Waals surface area contributed by atoms with Crippen LogP contribution in [0.4, 0.5) is 0 Å². The molecule has 1 saturated heterocycles. The molecule has 0 aliphatic carbocycles. The summed E-state index contributed by atoms with van der Waals surface area (Å²) in [5.74, 6) is 0.633. The van der Waals surface area contributed by atoms with E-state index in [2.05, 4.69) is 25.2 Å². The quantitative estimate of drug-likeness (QED) is 0.621. The first kappa shape index (κ1) is 7.56. The Labute approximate surface area is 62.2 Å². The summed E-state index contributed by atoms with van der Waals surface area (Å²) in [4.78, 5) is 0. The van der Waals surface area contributed by atoms with Crippen molar-refractivity contribution >= 4 is 0 Å². The van der Waals surface area contributed by atoms with Crippen LogP contribution in [0.1, 0.15) is 20.3 Å². The summed E-state index contributed by atoms with van der Waals surface area (Å²) >= 11 is 0. The van der Waals surface area contributed by atoms with E-state index in [0.29, 0.717) is 17.8 Å². The maximum atomic E-state index is 8.54. The van der Waals surface area contributed by atoms with Gasteiger partial charge in [0.1, 0.15) is 0 Å². The first-order valence-electron chi connectivity index (χ1n) is 3.79. The molecule has 0 aromatic rings. The van der Waals surface area contributed by atoms with Crippen molar-refractivity contribution in [3.63, 3.8) is 0 Å². The fraction of sp³-hybridized carbons (Fsp3) is 0.875. The summed E-state index contributed by atoms with van der Waals surface area (Å²) < 4.78 is 0. The lowest BCUT2D eigenvalue weighted by Gasteiger charge is -2.44. The summed E-state index contributed by atoms with van der Waals surface area (Å²) in [6, 6.07) is 2.25. The van der Waals surface area contributed by atoms with E-state index in [1.54, 1.807) is 0 Å². The topological polar surface area (TPSA) is 35.8 Å². The lowest BCUT2D eigenvalue weighted by molar-refractivity contribution is 0.105. The van der Waals surface area contributed by atoms with Crippen LogP contribution in [0.25, 0.3) is 0 Å². The minimum atomic E-state index is 0.300. The van der Waals surface area contributed by atoms with Gasteiger partial charge in [-0.2, -0.15) is 5.26 Å². The van der Waals surface area contributed by atoms with Crippen LogP contribution in [0, 0.1) is 22.7 Å². The van der Waals surface area contributed by atoms with Crippen LogP contribution in [-0.4, -0.2) is 13.1 Å². The van der Waals surface area contributed by atoms with Crippen molar-refractivity contribution in [2.45, 2.75) is 20.3 Å². The van der Waals surface area contributed by atoms with Gasteiger partial charge in [0.05, 0.1) is 6.07 Å². The standard InChI is InChI=1S/C8H14N2/c1-7(2)8(3-4-9)5-10-6-8/h7,10H,3,5-6H2,1-2H3. The zero-order valence-corrected chi connectivity index (χ0v) is 6.65. The smallest absolute Gasteiger partial charge is 0.0628 e. The Morgan fingerprint density at radius 1 is 1.60 bits per heavy atom. The summed E-state index contributed by atoms with van der Waals surface area (Å²) in [7, 11) is 0. The molecule has 1 fully saturated rings. The molecule has 1 aliphatic rings. The van der Waals surface area contributed by atoms with Gasteiger partial charge in [-0.05, 0) is 5.92 Å². The van der Waals surface area contributed by atoms with E-state index in [4.69, 9.17) is 5.26 Å². The predicted octanol–water partition coefficient (Wildman–Crippen LogP) is 1.15. The molecule has 0 spiro atoms. The van der Waals surface area contributed by atoms with E-state index in [1.807, 2.05) is 0 Å². The first-order chi connectivity index (χ1) is 4.71. The van der Waals surface area contributed by atoms with Gasteiger partial charge in [-0.3, -0.25) is 0 Å². The summed E-state index contributed by atoms with van der Waals surface area (Å²) in [6.45, 7) is 6.44. The van der Waals surface area contributed by atoms with Crippen LogP contribution >= 0.6 is 0 Å². The Morgan fingerprint density at radius 3 is 2.30 bits per heavy atom. The maximum Gasteiger partial charge on any atom is 0.0628 e. The molecule has 1 aliphatic heterocycles. The highest BCUT2D eigenvalue weighted by Gasteiger charge is 2.39. The zero-order valence-electron chi connectivity index (χ0n) is 6.65. The normalized spacial score (nSPS) is 21.8. The van der Waals surface area contributed by atoms with Crippen LogP contribution in [0.3, 0.4) is 0 Å². The second-order valence-electron chi connectivity index (χ2n) is 3.46. The molecule has 1 rings (SSSR count). The fourth-order valence-electron chi connectivity index (χ4n) is 1.34. The molecule has 56 valence electrons. The van der Waals surface area contributed by atoms with Crippen LogP contribution in [0.15, 0.2) is 0 Å². The molecule has 1 N–H and O–H groups in total. The molecular weight excluding hydrogens is 124 g/mol. The molecule has 0 atom stereocenters. The molecule has 0 radical (unpaired) electrons. The number of hydrogen-bond donors (Lipinski definition) is 1. The van der Waals surface area contributed by atoms with Crippen molar-refractivity contribution in [1.29, 1.82) is 5.26 Å². The van der Waals surface area contributed by atoms with Crippen LogP contribution < -0.4 is 5.32 Å². The van der Waals surface area contributed by atoms with Crippen molar-refractivity contribution in [3.8, 4) is 6.07 Å². The van der Waals surface area contributed by atoms with Gasteiger partial charge in [-0.25, -0.2) is 0 Å². The highest BCUT2D eigenvalue weighted by atomic mass is 15.0. The average molecular weight is 138 g/mol. The van der Waals surface area contributed by atoms with Gasteiger partial charge < -0.3 is 5.32 Å². The van der Waals surface area contributed by atoms with Crippen molar-refractivity contribution in [2.24, 2.45) is 11.3 Å². The molecule has 0 aromatic heterocycles. The van der Waals surface area contributed by atoms with Crippen molar-refractivity contribution in [1.82, 2.24) is 5.32 Å². The number of rotatable bonds is 2. The van der Waals surface area contributed by atoms with E-state index in [0.717, 1.165) is 13.1 Å². The van der Waals surface area contributed by atoms with Gasteiger partial charge in [0.15, 0.2) is 0 Å². The van der Waals surface area contributed by atoms with Gasteiger partial charge in [-0.1, -0.05) is 13.8 Å². The Bertz CT molecular complexity index is 151. The summed E-state index contributed by atoms with van der Waals surface area (Å²) in [5.41, 5.74) is 0.300. The molecule has 2 nitrogen and oxygen atoms in total. The second kappa shape index (κ2) is 2.59. The predicted molar refractivity (Wildman–Crippen MR) is 40.4 cm³/mol. The van der Waals surface area contributed by atoms with Gasteiger partial charge in [0.2, 0.25) is 0 Å². The van der Waals surface area contributed by atoms with Gasteiger partial charge >= 0.3 is 0 Å². The van der Waals surface area contributed by atoms with Crippen LogP contribution in [-0.2, 0) is 0 Å².